The zero-order valence-corrected chi connectivity index (χ0v) is 10.8. The van der Waals surface area contributed by atoms with Crippen molar-refractivity contribution < 1.29 is 13.9 Å². The molecule has 1 aromatic carbocycles. The molecule has 1 amide bonds. The predicted octanol–water partition coefficient (Wildman–Crippen LogP) is 1.49. The first kappa shape index (κ1) is 13.6. The smallest absolute Gasteiger partial charge is 0.250 e. The van der Waals surface area contributed by atoms with Gasteiger partial charge in [0.1, 0.15) is 5.82 Å². The lowest BCUT2D eigenvalue weighted by Crippen LogP contribution is -2.32. The van der Waals surface area contributed by atoms with Crippen LogP contribution < -0.4 is 16.8 Å². The number of nitrogens with one attached hydrogen (secondary N) is 1. The summed E-state index contributed by atoms with van der Waals surface area (Å²) in [4.78, 5) is 11.2. The quantitative estimate of drug-likeness (QED) is 0.721. The molecule has 1 atom stereocenters. The van der Waals surface area contributed by atoms with Crippen molar-refractivity contribution in [3.63, 3.8) is 0 Å². The molecule has 1 aliphatic rings. The lowest BCUT2D eigenvalue weighted by Gasteiger charge is -2.24. The van der Waals surface area contributed by atoms with Crippen molar-refractivity contribution >= 4 is 17.3 Å². The van der Waals surface area contributed by atoms with Crippen LogP contribution in [-0.2, 0) is 4.74 Å². The van der Waals surface area contributed by atoms with Gasteiger partial charge in [0.2, 0.25) is 0 Å². The van der Waals surface area contributed by atoms with Gasteiger partial charge in [-0.2, -0.15) is 0 Å². The van der Waals surface area contributed by atoms with E-state index in [1.165, 1.54) is 6.07 Å². The van der Waals surface area contributed by atoms with Gasteiger partial charge in [-0.25, -0.2) is 4.39 Å². The number of anilines is 2. The number of hydrogen-bond donors (Lipinski definition) is 3. The Hall–Kier alpha value is -1.82. The standard InChI is InChI=1S/C13H18FN3O2/c1-13(3-2-4-19-13)7-17-11-5-8(12(16)18)10(15)6-9(11)14/h5-6,17H,2-4,7,15H2,1H3,(H2,16,18). The minimum Gasteiger partial charge on any atom is -0.398 e. The maximum absolute atomic E-state index is 13.8. The number of carbonyl (C=O) groups excluding carboxylic acids is 1. The van der Waals surface area contributed by atoms with Crippen molar-refractivity contribution in [1.29, 1.82) is 0 Å². The van der Waals surface area contributed by atoms with Crippen LogP contribution in [0.3, 0.4) is 0 Å². The summed E-state index contributed by atoms with van der Waals surface area (Å²) >= 11 is 0. The van der Waals surface area contributed by atoms with Gasteiger partial charge in [0.05, 0.1) is 16.9 Å². The second kappa shape index (κ2) is 5.05. The van der Waals surface area contributed by atoms with Crippen LogP contribution in [0.4, 0.5) is 15.8 Å². The second-order valence-corrected chi connectivity index (χ2v) is 5.04. The van der Waals surface area contributed by atoms with Gasteiger partial charge >= 0.3 is 0 Å². The average Bonchev–Trinajstić information content (AvgIpc) is 2.75. The number of rotatable bonds is 4. The van der Waals surface area contributed by atoms with Gasteiger partial charge in [-0.3, -0.25) is 4.79 Å². The molecular formula is C13H18FN3O2. The first-order valence-electron chi connectivity index (χ1n) is 6.18. The van der Waals surface area contributed by atoms with Crippen LogP contribution in [0.1, 0.15) is 30.1 Å². The lowest BCUT2D eigenvalue weighted by atomic mass is 10.0. The monoisotopic (exact) mass is 267 g/mol. The summed E-state index contributed by atoms with van der Waals surface area (Å²) in [5.74, 6) is -1.19. The number of amides is 1. The first-order valence-corrected chi connectivity index (χ1v) is 6.18. The average molecular weight is 267 g/mol. The molecule has 2 rings (SSSR count). The van der Waals surface area contributed by atoms with Gasteiger partial charge in [0.15, 0.2) is 0 Å². The molecule has 1 fully saturated rings. The normalized spacial score (nSPS) is 22.4. The molecule has 0 aromatic heterocycles. The summed E-state index contributed by atoms with van der Waals surface area (Å²) in [6, 6.07) is 2.44. The topological polar surface area (TPSA) is 90.4 Å². The van der Waals surface area contributed by atoms with E-state index in [2.05, 4.69) is 5.32 Å². The molecule has 6 heteroatoms. The SMILES string of the molecule is CC1(CNc2cc(C(N)=O)c(N)cc2F)CCCO1. The number of benzene rings is 1. The van der Waals surface area contributed by atoms with Crippen molar-refractivity contribution in [2.75, 3.05) is 24.2 Å². The van der Waals surface area contributed by atoms with E-state index >= 15 is 0 Å². The van der Waals surface area contributed by atoms with E-state index in [0.29, 0.717) is 6.54 Å². The van der Waals surface area contributed by atoms with E-state index in [0.717, 1.165) is 25.5 Å². The molecule has 0 bridgehead atoms. The van der Waals surface area contributed by atoms with Gasteiger partial charge in [0, 0.05) is 18.8 Å². The summed E-state index contributed by atoms with van der Waals surface area (Å²) in [7, 11) is 0. The molecule has 5 N–H and O–H groups in total. The van der Waals surface area contributed by atoms with Crippen LogP contribution in [0.2, 0.25) is 0 Å². The predicted molar refractivity (Wildman–Crippen MR) is 71.4 cm³/mol. The minimum absolute atomic E-state index is 0.0406. The Morgan fingerprint density at radius 2 is 2.32 bits per heavy atom. The lowest BCUT2D eigenvalue weighted by molar-refractivity contribution is 0.0315. The summed E-state index contributed by atoms with van der Waals surface area (Å²) in [5.41, 5.74) is 10.8. The number of primary amides is 1. The fourth-order valence-corrected chi connectivity index (χ4v) is 2.20. The number of nitrogen functional groups attached to an aromatic ring is 1. The largest absolute Gasteiger partial charge is 0.398 e. The maximum Gasteiger partial charge on any atom is 0.250 e. The van der Waals surface area contributed by atoms with Gasteiger partial charge < -0.3 is 21.5 Å². The fourth-order valence-electron chi connectivity index (χ4n) is 2.20. The molecule has 0 radical (unpaired) electrons. The van der Waals surface area contributed by atoms with Crippen molar-refractivity contribution in [2.45, 2.75) is 25.4 Å². The Labute approximate surface area is 111 Å². The van der Waals surface area contributed by atoms with Crippen LogP contribution in [0, 0.1) is 5.82 Å². The first-order chi connectivity index (χ1) is 8.91. The Kier molecular flexibility index (Phi) is 3.61. The number of nitrogens with two attached hydrogens (primary N) is 2. The molecule has 5 nitrogen and oxygen atoms in total. The molecule has 1 unspecified atom stereocenters. The number of ether oxygens (including phenoxy) is 1. The van der Waals surface area contributed by atoms with Gasteiger partial charge in [-0.05, 0) is 31.9 Å². The van der Waals surface area contributed by atoms with Crippen molar-refractivity contribution in [1.82, 2.24) is 0 Å². The molecule has 1 saturated heterocycles. The van der Waals surface area contributed by atoms with Crippen molar-refractivity contribution in [3.05, 3.63) is 23.5 Å². The Morgan fingerprint density at radius 1 is 1.58 bits per heavy atom. The number of hydrogen-bond acceptors (Lipinski definition) is 4. The van der Waals surface area contributed by atoms with E-state index in [-0.39, 0.29) is 22.5 Å². The fraction of sp³-hybridized carbons (Fsp3) is 0.462. The molecule has 0 saturated carbocycles. The molecule has 1 aromatic rings. The molecule has 1 heterocycles. The zero-order chi connectivity index (χ0) is 14.0. The highest BCUT2D eigenvalue weighted by atomic mass is 19.1. The summed E-state index contributed by atoms with van der Waals surface area (Å²) < 4.78 is 19.4. The van der Waals surface area contributed by atoms with Crippen LogP contribution in [-0.4, -0.2) is 24.7 Å². The minimum atomic E-state index is -0.677. The number of halogens is 1. The second-order valence-electron chi connectivity index (χ2n) is 5.04. The van der Waals surface area contributed by atoms with Crippen LogP contribution >= 0.6 is 0 Å². The van der Waals surface area contributed by atoms with Crippen LogP contribution in [0.15, 0.2) is 12.1 Å². The zero-order valence-electron chi connectivity index (χ0n) is 10.8. The molecule has 0 spiro atoms. The Morgan fingerprint density at radius 3 is 2.89 bits per heavy atom. The third-order valence-electron chi connectivity index (χ3n) is 3.36. The highest BCUT2D eigenvalue weighted by Gasteiger charge is 2.29. The highest BCUT2D eigenvalue weighted by molar-refractivity contribution is 5.99. The van der Waals surface area contributed by atoms with Crippen molar-refractivity contribution in [3.8, 4) is 0 Å². The Balaban J connectivity index is 2.15. The molecule has 104 valence electrons. The van der Waals surface area contributed by atoms with Gasteiger partial charge in [-0.15, -0.1) is 0 Å². The van der Waals surface area contributed by atoms with E-state index in [4.69, 9.17) is 16.2 Å². The van der Waals surface area contributed by atoms with E-state index in [9.17, 15) is 9.18 Å². The molecule has 0 aliphatic carbocycles. The van der Waals surface area contributed by atoms with E-state index in [1.54, 1.807) is 0 Å². The van der Waals surface area contributed by atoms with E-state index < -0.39 is 11.7 Å². The summed E-state index contributed by atoms with van der Waals surface area (Å²) in [6.45, 7) is 3.15. The highest BCUT2D eigenvalue weighted by Crippen LogP contribution is 2.27. The van der Waals surface area contributed by atoms with Gasteiger partial charge in [0.25, 0.3) is 5.91 Å². The molecule has 19 heavy (non-hydrogen) atoms. The Bertz CT molecular complexity index is 499. The van der Waals surface area contributed by atoms with Crippen molar-refractivity contribution in [2.24, 2.45) is 5.73 Å². The van der Waals surface area contributed by atoms with Crippen LogP contribution in [0.5, 0.6) is 0 Å². The van der Waals surface area contributed by atoms with Gasteiger partial charge in [-0.1, -0.05) is 0 Å². The maximum atomic E-state index is 13.8. The summed E-state index contributed by atoms with van der Waals surface area (Å²) in [6.07, 6.45) is 1.91. The summed E-state index contributed by atoms with van der Waals surface area (Å²) in [5, 5.41) is 2.95. The van der Waals surface area contributed by atoms with E-state index in [1.807, 2.05) is 6.92 Å². The third kappa shape index (κ3) is 2.96. The third-order valence-corrected chi connectivity index (χ3v) is 3.36. The number of carbonyl (C=O) groups is 1. The molecular weight excluding hydrogens is 249 g/mol. The molecule has 1 aliphatic heterocycles. The van der Waals surface area contributed by atoms with Crippen LogP contribution in [0.25, 0.3) is 0 Å².